The van der Waals surface area contributed by atoms with Gasteiger partial charge in [0.05, 0.1) is 26.5 Å². The Kier molecular flexibility index (Phi) is 2.00. The van der Waals surface area contributed by atoms with Crippen molar-refractivity contribution in [3.05, 3.63) is 22.6 Å². The van der Waals surface area contributed by atoms with E-state index in [2.05, 4.69) is 15.9 Å². The van der Waals surface area contributed by atoms with Crippen LogP contribution in [0.5, 0.6) is 5.75 Å². The predicted octanol–water partition coefficient (Wildman–Crippen LogP) is 2.76. The Morgan fingerprint density at radius 1 is 1.22 bits per heavy atom. The van der Waals surface area contributed by atoms with Crippen molar-refractivity contribution in [2.24, 2.45) is 0 Å². The van der Waals surface area contributed by atoms with Crippen LogP contribution in [-0.2, 0) is 9.31 Å². The van der Waals surface area contributed by atoms with Gasteiger partial charge in [0.15, 0.2) is 0 Å². The molecule has 18 heavy (non-hydrogen) atoms. The topological polar surface area (TPSA) is 27.7 Å². The average molecular weight is 319 g/mol. The van der Waals surface area contributed by atoms with Crippen LogP contribution in [0.3, 0.4) is 0 Å². The predicted molar refractivity (Wildman–Crippen MR) is 76.4 cm³/mol. The fourth-order valence-electron chi connectivity index (χ4n) is 1.56. The highest BCUT2D eigenvalue weighted by molar-refractivity contribution is 9.10. The Hall–Kier alpha value is -0.515. The van der Waals surface area contributed by atoms with Gasteiger partial charge in [0.1, 0.15) is 5.75 Å². The molecule has 0 unspecified atom stereocenters. The molecule has 1 aromatic rings. The molecule has 0 N–H and O–H groups in total. The molecule has 0 saturated carbocycles. The Morgan fingerprint density at radius 3 is 2.39 bits per heavy atom. The van der Waals surface area contributed by atoms with E-state index >= 15 is 0 Å². The molecule has 0 aromatic heterocycles. The third-order valence-corrected chi connectivity index (χ3v) is 3.70. The van der Waals surface area contributed by atoms with E-state index in [1.165, 1.54) is 0 Å². The summed E-state index contributed by atoms with van der Waals surface area (Å²) < 4.78 is 62.5. The van der Waals surface area contributed by atoms with Gasteiger partial charge in [0.25, 0.3) is 0 Å². The Morgan fingerprint density at radius 2 is 1.83 bits per heavy atom. The van der Waals surface area contributed by atoms with Crippen LogP contribution in [0.1, 0.15) is 35.9 Å². The van der Waals surface area contributed by atoms with Crippen molar-refractivity contribution in [3.63, 3.8) is 0 Å². The van der Waals surface area contributed by atoms with Gasteiger partial charge in [-0.2, -0.15) is 0 Å². The van der Waals surface area contributed by atoms with Crippen LogP contribution < -0.4 is 10.2 Å². The number of hydrogen-bond acceptors (Lipinski definition) is 3. The van der Waals surface area contributed by atoms with Crippen LogP contribution >= 0.6 is 15.9 Å². The van der Waals surface area contributed by atoms with Crippen LogP contribution in [0.25, 0.3) is 0 Å². The lowest BCUT2D eigenvalue weighted by atomic mass is 9.79. The van der Waals surface area contributed by atoms with Crippen molar-refractivity contribution < 1.29 is 22.3 Å². The Bertz CT molecular complexity index is 661. The standard InChI is InChI=1S/C13H18BBrO3/c1-12(2)13(3,4)18-14(17-12)9-6-10(15)8-11(7-9)16-5/h6-8H,1-5H3/i5D3,6D,7D,8D. The zero-order chi connectivity index (χ0) is 18.7. The van der Waals surface area contributed by atoms with Crippen molar-refractivity contribution in [3.8, 4) is 5.75 Å². The van der Waals surface area contributed by atoms with Crippen LogP contribution in [0, 0.1) is 0 Å². The van der Waals surface area contributed by atoms with E-state index in [9.17, 15) is 0 Å². The van der Waals surface area contributed by atoms with Gasteiger partial charge in [-0.05, 0) is 51.3 Å². The second kappa shape index (κ2) is 4.55. The van der Waals surface area contributed by atoms with Crippen LogP contribution in [0.15, 0.2) is 22.6 Å². The minimum absolute atomic E-state index is 0.0162. The molecular weight excluding hydrogens is 295 g/mol. The smallest absolute Gasteiger partial charge is 0.495 e. The number of ether oxygens (including phenoxy) is 1. The molecule has 0 spiro atoms. The summed E-state index contributed by atoms with van der Waals surface area (Å²) in [7, 11) is -3.85. The first kappa shape index (κ1) is 7.93. The number of rotatable bonds is 2. The van der Waals surface area contributed by atoms with Gasteiger partial charge >= 0.3 is 7.12 Å². The van der Waals surface area contributed by atoms with Gasteiger partial charge in [0, 0.05) is 4.47 Å². The maximum Gasteiger partial charge on any atom is 0.495 e. The highest BCUT2D eigenvalue weighted by Crippen LogP contribution is 2.36. The van der Waals surface area contributed by atoms with Crippen molar-refractivity contribution >= 4 is 28.5 Å². The molecule has 0 aliphatic carbocycles. The SMILES string of the molecule is [2H]c1c(Br)c([2H])c(B2OC(C)(C)C(C)(C)O2)c([2H])c1OC([2H])([2H])[2H]. The van der Waals surface area contributed by atoms with Gasteiger partial charge in [-0.25, -0.2) is 0 Å². The Balaban J connectivity index is 2.60. The largest absolute Gasteiger partial charge is 0.497 e. The lowest BCUT2D eigenvalue weighted by molar-refractivity contribution is 0.00578. The summed E-state index contributed by atoms with van der Waals surface area (Å²) in [5.41, 5.74) is -1.35. The summed E-state index contributed by atoms with van der Waals surface area (Å²) >= 11 is 3.09. The van der Waals surface area contributed by atoms with Gasteiger partial charge < -0.3 is 14.0 Å². The number of methoxy groups -OCH3 is 1. The molecule has 0 bridgehead atoms. The maximum atomic E-state index is 8.23. The van der Waals surface area contributed by atoms with Gasteiger partial charge in [-0.3, -0.25) is 0 Å². The summed E-state index contributed by atoms with van der Waals surface area (Å²) in [6, 6.07) is -0.939. The van der Waals surface area contributed by atoms with Crippen molar-refractivity contribution in [2.75, 3.05) is 7.04 Å². The highest BCUT2D eigenvalue weighted by Gasteiger charge is 2.51. The molecule has 0 amide bonds. The van der Waals surface area contributed by atoms with E-state index in [1.807, 2.05) is 27.7 Å². The third kappa shape index (κ3) is 2.44. The van der Waals surface area contributed by atoms with E-state index in [0.717, 1.165) is 0 Å². The van der Waals surface area contributed by atoms with E-state index in [4.69, 9.17) is 22.3 Å². The quantitative estimate of drug-likeness (QED) is 0.785. The molecule has 1 aromatic carbocycles. The van der Waals surface area contributed by atoms with Gasteiger partial charge in [-0.15, -0.1) is 0 Å². The zero-order valence-electron chi connectivity index (χ0n) is 16.7. The zero-order valence-corrected chi connectivity index (χ0v) is 12.3. The minimum atomic E-state index is -2.82. The second-order valence-electron chi connectivity index (χ2n) is 5.12. The Labute approximate surface area is 126 Å². The molecule has 5 heteroatoms. The first-order valence-electron chi connectivity index (χ1n) is 8.52. The monoisotopic (exact) mass is 318 g/mol. The highest BCUT2D eigenvalue weighted by atomic mass is 79.9. The van der Waals surface area contributed by atoms with Gasteiger partial charge in [0.2, 0.25) is 0 Å². The number of benzene rings is 1. The molecule has 1 fully saturated rings. The van der Waals surface area contributed by atoms with Gasteiger partial charge in [-0.1, -0.05) is 15.9 Å². The molecule has 1 aliphatic heterocycles. The third-order valence-electron chi connectivity index (χ3n) is 3.31. The van der Waals surface area contributed by atoms with E-state index < -0.39 is 37.2 Å². The summed E-state index contributed by atoms with van der Waals surface area (Å²) in [4.78, 5) is 0. The number of halogens is 1. The second-order valence-corrected chi connectivity index (χ2v) is 5.92. The van der Waals surface area contributed by atoms with Crippen LogP contribution in [0.4, 0.5) is 0 Å². The number of hydrogen-bond donors (Lipinski definition) is 0. The molecule has 2 rings (SSSR count). The molecule has 3 nitrogen and oxygen atoms in total. The molecule has 1 heterocycles. The minimum Gasteiger partial charge on any atom is -0.497 e. The first-order valence-corrected chi connectivity index (χ1v) is 6.31. The first-order chi connectivity index (χ1) is 10.7. The molecule has 1 aliphatic rings. The summed E-state index contributed by atoms with van der Waals surface area (Å²) in [5.74, 6) is -0.442. The molecule has 98 valence electrons. The maximum absolute atomic E-state index is 8.23. The van der Waals surface area contributed by atoms with E-state index in [-0.39, 0.29) is 22.0 Å². The summed E-state index contributed by atoms with van der Waals surface area (Å²) in [5, 5.41) is 0. The van der Waals surface area contributed by atoms with Crippen molar-refractivity contribution in [1.29, 1.82) is 0 Å². The lowest BCUT2D eigenvalue weighted by Gasteiger charge is -2.32. The van der Waals surface area contributed by atoms with Crippen molar-refractivity contribution in [2.45, 2.75) is 38.9 Å². The van der Waals surface area contributed by atoms with E-state index in [0.29, 0.717) is 0 Å². The fourth-order valence-corrected chi connectivity index (χ4v) is 1.96. The van der Waals surface area contributed by atoms with Crippen molar-refractivity contribution in [1.82, 2.24) is 0 Å². The summed E-state index contributed by atoms with van der Waals surface area (Å²) in [6.07, 6.45) is 0. The molecule has 1 saturated heterocycles. The molecular formula is C13H18BBrO3. The fraction of sp³-hybridized carbons (Fsp3) is 0.538. The normalized spacial score (nSPS) is 26.6. The van der Waals surface area contributed by atoms with Crippen LogP contribution in [-0.4, -0.2) is 25.4 Å². The summed E-state index contributed by atoms with van der Waals surface area (Å²) in [6.45, 7) is 7.31. The van der Waals surface area contributed by atoms with Crippen LogP contribution in [0.2, 0.25) is 0 Å². The molecule has 0 radical (unpaired) electrons. The molecule has 0 atom stereocenters. The lowest BCUT2D eigenvalue weighted by Crippen LogP contribution is -2.41. The van der Waals surface area contributed by atoms with E-state index in [1.54, 1.807) is 0 Å². The average Bonchev–Trinajstić information content (AvgIpc) is 2.60.